The van der Waals surface area contributed by atoms with Crippen LogP contribution in [0.4, 0.5) is 0 Å². The third-order valence-electron chi connectivity index (χ3n) is 3.95. The highest BCUT2D eigenvalue weighted by Crippen LogP contribution is 2.28. The number of nitrogens with one attached hydrogen (secondary N) is 2. The van der Waals surface area contributed by atoms with Gasteiger partial charge in [-0.2, -0.15) is 0 Å². The average Bonchev–Trinajstić information content (AvgIpc) is 3.03. The molecule has 4 nitrogen and oxygen atoms in total. The van der Waals surface area contributed by atoms with Gasteiger partial charge in [0.05, 0.1) is 0 Å². The van der Waals surface area contributed by atoms with E-state index in [4.69, 9.17) is 0 Å². The van der Waals surface area contributed by atoms with Gasteiger partial charge >= 0.3 is 0 Å². The molecule has 1 saturated carbocycles. The van der Waals surface area contributed by atoms with Gasteiger partial charge in [0.25, 0.3) is 0 Å². The first-order chi connectivity index (χ1) is 9.45. The van der Waals surface area contributed by atoms with Crippen molar-refractivity contribution in [1.29, 1.82) is 0 Å². The van der Waals surface area contributed by atoms with E-state index in [1.807, 2.05) is 0 Å². The molecule has 0 aromatic heterocycles. The van der Waals surface area contributed by atoms with E-state index < -0.39 is 0 Å². The number of hydrogen-bond acceptors (Lipinski definition) is 2. The summed E-state index contributed by atoms with van der Waals surface area (Å²) in [5.41, 5.74) is 0. The summed E-state index contributed by atoms with van der Waals surface area (Å²) in [6.07, 6.45) is 2.39. The van der Waals surface area contributed by atoms with E-state index in [0.717, 1.165) is 37.9 Å². The van der Waals surface area contributed by atoms with E-state index in [0.29, 0.717) is 18.1 Å². The van der Waals surface area contributed by atoms with E-state index in [9.17, 15) is 0 Å². The van der Waals surface area contributed by atoms with E-state index in [2.05, 4.69) is 62.1 Å². The van der Waals surface area contributed by atoms with Gasteiger partial charge in [0.1, 0.15) is 0 Å². The molecule has 0 radical (unpaired) electrons. The lowest BCUT2D eigenvalue weighted by molar-refractivity contribution is 0.174. The highest BCUT2D eigenvalue weighted by molar-refractivity contribution is 5.80. The van der Waals surface area contributed by atoms with Gasteiger partial charge in [-0.1, -0.05) is 6.92 Å². The maximum absolute atomic E-state index is 4.69. The zero-order valence-electron chi connectivity index (χ0n) is 14.2. The summed E-state index contributed by atoms with van der Waals surface area (Å²) in [5.74, 6) is 1.79. The summed E-state index contributed by atoms with van der Waals surface area (Å²) in [6.45, 7) is 16.4. The predicted octanol–water partition coefficient (Wildman–Crippen LogP) is 2.46. The second kappa shape index (κ2) is 8.50. The van der Waals surface area contributed by atoms with Crippen LogP contribution in [0.2, 0.25) is 0 Å². The Balaban J connectivity index is 2.31. The maximum Gasteiger partial charge on any atom is 0.191 e. The van der Waals surface area contributed by atoms with Gasteiger partial charge in [-0.15, -0.1) is 0 Å². The number of guanidine groups is 1. The minimum Gasteiger partial charge on any atom is -0.357 e. The van der Waals surface area contributed by atoms with Gasteiger partial charge in [-0.3, -0.25) is 9.89 Å². The lowest BCUT2D eigenvalue weighted by atomic mass is 10.2. The number of nitrogens with zero attached hydrogens (tertiary/aromatic N) is 2. The smallest absolute Gasteiger partial charge is 0.191 e. The predicted molar refractivity (Wildman–Crippen MR) is 88.3 cm³/mol. The third-order valence-corrected chi connectivity index (χ3v) is 3.95. The molecule has 2 unspecified atom stereocenters. The SMILES string of the molecule is CCNC(=NCCCN(C(C)C)C(C)C)NC1CC1C. The van der Waals surface area contributed by atoms with Gasteiger partial charge in [-0.05, 0) is 53.4 Å². The molecule has 1 aliphatic carbocycles. The Morgan fingerprint density at radius 1 is 1.25 bits per heavy atom. The summed E-state index contributed by atoms with van der Waals surface area (Å²) < 4.78 is 0. The summed E-state index contributed by atoms with van der Waals surface area (Å²) in [4.78, 5) is 7.21. The molecule has 2 N–H and O–H groups in total. The fourth-order valence-corrected chi connectivity index (χ4v) is 2.58. The van der Waals surface area contributed by atoms with Crippen molar-refractivity contribution in [1.82, 2.24) is 15.5 Å². The van der Waals surface area contributed by atoms with Crippen molar-refractivity contribution in [2.75, 3.05) is 19.6 Å². The summed E-state index contributed by atoms with van der Waals surface area (Å²) in [7, 11) is 0. The zero-order chi connectivity index (χ0) is 15.1. The van der Waals surface area contributed by atoms with E-state index in [1.54, 1.807) is 0 Å². The van der Waals surface area contributed by atoms with Crippen molar-refractivity contribution < 1.29 is 0 Å². The van der Waals surface area contributed by atoms with Crippen LogP contribution in [0, 0.1) is 5.92 Å². The average molecular weight is 282 g/mol. The number of aliphatic imine (C=N–C) groups is 1. The largest absolute Gasteiger partial charge is 0.357 e. The molecule has 0 aliphatic heterocycles. The fourth-order valence-electron chi connectivity index (χ4n) is 2.58. The first-order valence-electron chi connectivity index (χ1n) is 8.26. The highest BCUT2D eigenvalue weighted by atomic mass is 15.2. The molecule has 20 heavy (non-hydrogen) atoms. The zero-order valence-corrected chi connectivity index (χ0v) is 14.2. The van der Waals surface area contributed by atoms with E-state index in [-0.39, 0.29) is 0 Å². The second-order valence-corrected chi connectivity index (χ2v) is 6.50. The molecular formula is C16H34N4. The van der Waals surface area contributed by atoms with Crippen LogP contribution in [0.25, 0.3) is 0 Å². The van der Waals surface area contributed by atoms with Gasteiger partial charge in [0, 0.05) is 37.8 Å². The minimum atomic E-state index is 0.609. The van der Waals surface area contributed by atoms with Crippen LogP contribution in [0.15, 0.2) is 4.99 Å². The first kappa shape index (κ1) is 17.3. The molecule has 0 aromatic rings. The van der Waals surface area contributed by atoms with Gasteiger partial charge in [0.15, 0.2) is 5.96 Å². The van der Waals surface area contributed by atoms with Gasteiger partial charge in [0.2, 0.25) is 0 Å². The van der Waals surface area contributed by atoms with Crippen LogP contribution in [0.3, 0.4) is 0 Å². The molecule has 2 atom stereocenters. The molecule has 0 saturated heterocycles. The fraction of sp³-hybridized carbons (Fsp3) is 0.938. The van der Waals surface area contributed by atoms with Crippen LogP contribution in [-0.2, 0) is 0 Å². The molecule has 0 spiro atoms. The van der Waals surface area contributed by atoms with Crippen LogP contribution in [-0.4, -0.2) is 48.6 Å². The van der Waals surface area contributed by atoms with Crippen molar-refractivity contribution >= 4 is 5.96 Å². The molecule has 1 fully saturated rings. The molecule has 4 heteroatoms. The Morgan fingerprint density at radius 3 is 2.30 bits per heavy atom. The monoisotopic (exact) mass is 282 g/mol. The molecular weight excluding hydrogens is 248 g/mol. The molecule has 1 aliphatic rings. The van der Waals surface area contributed by atoms with Crippen molar-refractivity contribution in [3.05, 3.63) is 0 Å². The summed E-state index contributed by atoms with van der Waals surface area (Å²) in [5, 5.41) is 6.83. The Kier molecular flexibility index (Phi) is 7.35. The molecule has 0 heterocycles. The van der Waals surface area contributed by atoms with Crippen molar-refractivity contribution in [3.8, 4) is 0 Å². The Hall–Kier alpha value is -0.770. The third kappa shape index (κ3) is 6.12. The lowest BCUT2D eigenvalue weighted by Crippen LogP contribution is -2.40. The Morgan fingerprint density at radius 2 is 1.85 bits per heavy atom. The summed E-state index contributed by atoms with van der Waals surface area (Å²) >= 11 is 0. The van der Waals surface area contributed by atoms with Crippen LogP contribution < -0.4 is 10.6 Å². The maximum atomic E-state index is 4.69. The van der Waals surface area contributed by atoms with Gasteiger partial charge in [-0.25, -0.2) is 0 Å². The quantitative estimate of drug-likeness (QED) is 0.408. The van der Waals surface area contributed by atoms with Gasteiger partial charge < -0.3 is 10.6 Å². The van der Waals surface area contributed by atoms with E-state index in [1.165, 1.54) is 6.42 Å². The Bertz CT molecular complexity index is 291. The summed E-state index contributed by atoms with van der Waals surface area (Å²) in [6, 6.07) is 1.85. The minimum absolute atomic E-state index is 0.609. The van der Waals surface area contributed by atoms with Crippen LogP contribution in [0.5, 0.6) is 0 Å². The topological polar surface area (TPSA) is 39.7 Å². The molecule has 118 valence electrons. The lowest BCUT2D eigenvalue weighted by Gasteiger charge is -2.30. The Labute approximate surface area is 125 Å². The number of rotatable bonds is 8. The molecule has 0 aromatic carbocycles. The van der Waals surface area contributed by atoms with Crippen molar-refractivity contribution in [3.63, 3.8) is 0 Å². The second-order valence-electron chi connectivity index (χ2n) is 6.50. The molecule has 0 bridgehead atoms. The highest BCUT2D eigenvalue weighted by Gasteiger charge is 2.33. The normalized spacial score (nSPS) is 22.8. The van der Waals surface area contributed by atoms with Crippen LogP contribution in [0.1, 0.15) is 54.4 Å². The molecule has 1 rings (SSSR count). The van der Waals surface area contributed by atoms with E-state index >= 15 is 0 Å². The standard InChI is InChI=1S/C16H34N4/c1-7-17-16(19-15-11-14(15)6)18-9-8-10-20(12(2)3)13(4)5/h12-15H,7-11H2,1-6H3,(H2,17,18,19). The molecule has 0 amide bonds. The first-order valence-corrected chi connectivity index (χ1v) is 8.26. The number of hydrogen-bond donors (Lipinski definition) is 2. The van der Waals surface area contributed by atoms with Crippen LogP contribution >= 0.6 is 0 Å². The van der Waals surface area contributed by atoms with Crippen molar-refractivity contribution in [2.24, 2.45) is 10.9 Å². The van der Waals surface area contributed by atoms with Crippen molar-refractivity contribution in [2.45, 2.75) is 72.5 Å².